The number of rotatable bonds is 3. The van der Waals surface area contributed by atoms with E-state index in [2.05, 4.69) is 0 Å². The van der Waals surface area contributed by atoms with Crippen LogP contribution in [0.5, 0.6) is 0 Å². The zero-order chi connectivity index (χ0) is 10.8. The summed E-state index contributed by atoms with van der Waals surface area (Å²) in [7, 11) is 0. The number of ketones is 1. The van der Waals surface area contributed by atoms with Gasteiger partial charge in [-0.2, -0.15) is 5.26 Å². The summed E-state index contributed by atoms with van der Waals surface area (Å²) in [6.45, 7) is 0. The van der Waals surface area contributed by atoms with Gasteiger partial charge in [0.2, 0.25) is 0 Å². The summed E-state index contributed by atoms with van der Waals surface area (Å²) in [5.41, 5.74) is 0.638. The minimum absolute atomic E-state index is 0.0191. The normalized spacial score (nSPS) is 16.8. The molecule has 0 aromatic heterocycles. The molecule has 1 aliphatic rings. The number of hydrogen-bond donors (Lipinski definition) is 0. The van der Waals surface area contributed by atoms with Gasteiger partial charge in [0.05, 0.1) is 6.07 Å². The van der Waals surface area contributed by atoms with Crippen LogP contribution in [0.25, 0.3) is 0 Å². The number of nitrogens with zero attached hydrogens (tertiary/aromatic N) is 1. The molecule has 0 bridgehead atoms. The van der Waals surface area contributed by atoms with Crippen molar-refractivity contribution in [2.75, 3.05) is 0 Å². The fourth-order valence-corrected chi connectivity index (χ4v) is 1.84. The summed E-state index contributed by atoms with van der Waals surface area (Å²) < 4.78 is 0. The molecule has 1 fully saturated rings. The van der Waals surface area contributed by atoms with E-state index in [4.69, 9.17) is 16.9 Å². The Morgan fingerprint density at radius 2 is 2.13 bits per heavy atom. The first kappa shape index (κ1) is 10.2. The van der Waals surface area contributed by atoms with Crippen LogP contribution < -0.4 is 0 Å². The predicted molar refractivity (Wildman–Crippen MR) is 57.5 cm³/mol. The number of hydrogen-bond acceptors (Lipinski definition) is 2. The van der Waals surface area contributed by atoms with Crippen LogP contribution in [0.1, 0.15) is 24.3 Å². The third-order valence-corrected chi connectivity index (χ3v) is 2.95. The maximum atomic E-state index is 11.8. The van der Waals surface area contributed by atoms with Gasteiger partial charge in [-0.05, 0) is 24.5 Å². The molecular formula is C12H10ClNO. The van der Waals surface area contributed by atoms with Crippen LogP contribution in [0.15, 0.2) is 24.3 Å². The van der Waals surface area contributed by atoms with Gasteiger partial charge in [0.25, 0.3) is 0 Å². The van der Waals surface area contributed by atoms with Gasteiger partial charge in [-0.25, -0.2) is 0 Å². The van der Waals surface area contributed by atoms with E-state index in [-0.39, 0.29) is 11.7 Å². The standard InChI is InChI=1S/C12H10ClNO/c13-11-4-2-1-3-9(11)10(7-14)12(15)8-5-6-8/h1-4,8,10H,5-6H2/t10-/m1/s1. The Kier molecular flexibility index (Phi) is 2.75. The summed E-state index contributed by atoms with van der Waals surface area (Å²) >= 11 is 5.96. The lowest BCUT2D eigenvalue weighted by Crippen LogP contribution is -2.12. The molecule has 0 spiro atoms. The van der Waals surface area contributed by atoms with E-state index in [1.807, 2.05) is 6.07 Å². The van der Waals surface area contributed by atoms with Crippen LogP contribution in [-0.4, -0.2) is 5.78 Å². The molecule has 1 aliphatic carbocycles. The minimum Gasteiger partial charge on any atom is -0.298 e. The quantitative estimate of drug-likeness (QED) is 0.784. The van der Waals surface area contributed by atoms with Crippen molar-refractivity contribution < 1.29 is 4.79 Å². The van der Waals surface area contributed by atoms with E-state index in [9.17, 15) is 4.79 Å². The second-order valence-corrected chi connectivity index (χ2v) is 4.17. The van der Waals surface area contributed by atoms with Crippen molar-refractivity contribution in [3.05, 3.63) is 34.9 Å². The summed E-state index contributed by atoms with van der Waals surface area (Å²) in [6.07, 6.45) is 1.84. The maximum Gasteiger partial charge on any atom is 0.157 e. The largest absolute Gasteiger partial charge is 0.298 e. The Labute approximate surface area is 93.5 Å². The average Bonchev–Trinajstić information content (AvgIpc) is 3.05. The summed E-state index contributed by atoms with van der Waals surface area (Å²) in [5, 5.41) is 9.52. The lowest BCUT2D eigenvalue weighted by Gasteiger charge is -2.09. The Hall–Kier alpha value is -1.33. The van der Waals surface area contributed by atoms with Gasteiger partial charge in [0, 0.05) is 10.9 Å². The first-order valence-corrected chi connectivity index (χ1v) is 5.29. The van der Waals surface area contributed by atoms with Crippen LogP contribution in [0, 0.1) is 17.2 Å². The number of carbonyl (C=O) groups is 1. The number of carbonyl (C=O) groups excluding carboxylic acids is 1. The van der Waals surface area contributed by atoms with Gasteiger partial charge in [0.1, 0.15) is 5.92 Å². The smallest absolute Gasteiger partial charge is 0.157 e. The van der Waals surface area contributed by atoms with E-state index in [0.29, 0.717) is 10.6 Å². The van der Waals surface area contributed by atoms with Gasteiger partial charge < -0.3 is 0 Å². The molecule has 0 N–H and O–H groups in total. The maximum absolute atomic E-state index is 11.8. The van der Waals surface area contributed by atoms with E-state index in [1.165, 1.54) is 0 Å². The van der Waals surface area contributed by atoms with Crippen LogP contribution in [0.3, 0.4) is 0 Å². The number of benzene rings is 1. The Balaban J connectivity index is 2.31. The van der Waals surface area contributed by atoms with Crippen molar-refractivity contribution in [2.24, 2.45) is 5.92 Å². The van der Waals surface area contributed by atoms with E-state index >= 15 is 0 Å². The minimum atomic E-state index is -0.689. The third kappa shape index (κ3) is 2.03. The molecule has 0 aliphatic heterocycles. The molecule has 0 amide bonds. The zero-order valence-corrected chi connectivity index (χ0v) is 8.87. The first-order valence-electron chi connectivity index (χ1n) is 4.92. The highest BCUT2D eigenvalue weighted by Crippen LogP contribution is 2.36. The number of halogens is 1. The highest BCUT2D eigenvalue weighted by molar-refractivity contribution is 6.31. The van der Waals surface area contributed by atoms with Crippen molar-refractivity contribution in [2.45, 2.75) is 18.8 Å². The molecule has 2 nitrogen and oxygen atoms in total. The molecule has 1 aromatic carbocycles. The van der Waals surface area contributed by atoms with Gasteiger partial charge in [0.15, 0.2) is 5.78 Å². The molecule has 1 saturated carbocycles. The van der Waals surface area contributed by atoms with Crippen molar-refractivity contribution in [3.8, 4) is 6.07 Å². The molecular weight excluding hydrogens is 210 g/mol. The summed E-state index contributed by atoms with van der Waals surface area (Å²) in [5.74, 6) is -0.581. The predicted octanol–water partition coefficient (Wildman–Crippen LogP) is 2.93. The van der Waals surface area contributed by atoms with Gasteiger partial charge in [-0.15, -0.1) is 0 Å². The molecule has 15 heavy (non-hydrogen) atoms. The second-order valence-electron chi connectivity index (χ2n) is 3.76. The van der Waals surface area contributed by atoms with Crippen LogP contribution in [0.4, 0.5) is 0 Å². The zero-order valence-electron chi connectivity index (χ0n) is 8.11. The highest BCUT2D eigenvalue weighted by Gasteiger charge is 2.36. The number of Topliss-reactive ketones (excluding diaryl/α,β-unsaturated/α-hetero) is 1. The first-order chi connectivity index (χ1) is 7.24. The molecule has 0 saturated heterocycles. The summed E-state index contributed by atoms with van der Waals surface area (Å²) in [4.78, 5) is 11.8. The summed E-state index contributed by atoms with van der Waals surface area (Å²) in [6, 6.07) is 9.09. The topological polar surface area (TPSA) is 40.9 Å². The van der Waals surface area contributed by atoms with Crippen molar-refractivity contribution >= 4 is 17.4 Å². The molecule has 0 unspecified atom stereocenters. The third-order valence-electron chi connectivity index (χ3n) is 2.61. The van der Waals surface area contributed by atoms with Crippen molar-refractivity contribution in [3.63, 3.8) is 0 Å². The fourth-order valence-electron chi connectivity index (χ4n) is 1.60. The van der Waals surface area contributed by atoms with E-state index in [0.717, 1.165) is 12.8 Å². The van der Waals surface area contributed by atoms with Crippen molar-refractivity contribution in [1.82, 2.24) is 0 Å². The fraction of sp³-hybridized carbons (Fsp3) is 0.333. The number of nitriles is 1. The monoisotopic (exact) mass is 219 g/mol. The van der Waals surface area contributed by atoms with Gasteiger partial charge in [-0.3, -0.25) is 4.79 Å². The van der Waals surface area contributed by atoms with Crippen LogP contribution >= 0.6 is 11.6 Å². The lowest BCUT2D eigenvalue weighted by molar-refractivity contribution is -0.120. The van der Waals surface area contributed by atoms with Crippen LogP contribution in [-0.2, 0) is 4.79 Å². The van der Waals surface area contributed by atoms with Crippen LogP contribution in [0.2, 0.25) is 5.02 Å². The van der Waals surface area contributed by atoms with Gasteiger partial charge >= 0.3 is 0 Å². The van der Waals surface area contributed by atoms with E-state index in [1.54, 1.807) is 24.3 Å². The molecule has 0 radical (unpaired) electrons. The van der Waals surface area contributed by atoms with Crippen molar-refractivity contribution in [1.29, 1.82) is 5.26 Å². The molecule has 3 heteroatoms. The SMILES string of the molecule is N#C[C@@H](C(=O)C1CC1)c1ccccc1Cl. The molecule has 1 atom stereocenters. The lowest BCUT2D eigenvalue weighted by atomic mass is 9.93. The molecule has 0 heterocycles. The Morgan fingerprint density at radius 3 is 2.67 bits per heavy atom. The second kappa shape index (κ2) is 4.04. The highest BCUT2D eigenvalue weighted by atomic mass is 35.5. The molecule has 2 rings (SSSR count). The average molecular weight is 220 g/mol. The molecule has 76 valence electrons. The molecule has 1 aromatic rings. The van der Waals surface area contributed by atoms with E-state index < -0.39 is 5.92 Å². The Bertz CT molecular complexity index is 431. The van der Waals surface area contributed by atoms with Gasteiger partial charge in [-0.1, -0.05) is 29.8 Å². The Morgan fingerprint density at radius 1 is 1.47 bits per heavy atom.